The summed E-state index contributed by atoms with van der Waals surface area (Å²) >= 11 is 0. The summed E-state index contributed by atoms with van der Waals surface area (Å²) in [5, 5.41) is 0. The average molecular weight is 218 g/mol. The second-order valence-electron chi connectivity index (χ2n) is 3.23. The van der Waals surface area contributed by atoms with Crippen molar-refractivity contribution < 1.29 is 9.21 Å². The summed E-state index contributed by atoms with van der Waals surface area (Å²) in [6, 6.07) is 10.5. The maximum atomic E-state index is 9.93. The van der Waals surface area contributed by atoms with E-state index in [0.717, 1.165) is 17.1 Å². The van der Waals surface area contributed by atoms with E-state index in [0.29, 0.717) is 12.0 Å². The molecule has 0 spiro atoms. The van der Waals surface area contributed by atoms with Gasteiger partial charge in [0.05, 0.1) is 0 Å². The fourth-order valence-corrected chi connectivity index (χ4v) is 1.01. The topological polar surface area (TPSA) is 82.2 Å². The Balaban J connectivity index is 0.000000160. The lowest BCUT2D eigenvalue weighted by Gasteiger charge is -1.90. The monoisotopic (exact) mass is 218 g/mol. The Morgan fingerprint density at radius 3 is 1.75 bits per heavy atom. The fourth-order valence-electron chi connectivity index (χ4n) is 1.01. The molecule has 0 fully saturated rings. The number of nitrogen functional groups attached to an aromatic ring is 2. The highest BCUT2D eigenvalue weighted by molar-refractivity contribution is 5.70. The fraction of sp³-hybridized carbons (Fsp3) is 0.0833. The average Bonchev–Trinajstić information content (AvgIpc) is 2.70. The highest BCUT2D eigenvalue weighted by Crippen LogP contribution is 2.05. The van der Waals surface area contributed by atoms with Gasteiger partial charge in [-0.3, -0.25) is 4.79 Å². The molecule has 0 bridgehead atoms. The number of aldehydes is 1. The molecular formula is C12H14N2O2. The zero-order chi connectivity index (χ0) is 12.0. The van der Waals surface area contributed by atoms with Gasteiger partial charge >= 0.3 is 0 Å². The van der Waals surface area contributed by atoms with E-state index in [1.165, 1.54) is 0 Å². The standard InChI is InChI=1S/C6H8N2.C6H6O2/c7-5-1-2-6(8)4-3-5;1-5-2-3-6(4-7)8-5/h1-4H,7-8H2;2-4H,1H3. The Morgan fingerprint density at radius 2 is 1.50 bits per heavy atom. The number of benzene rings is 1. The Bertz CT molecular complexity index is 425. The number of anilines is 2. The first-order chi connectivity index (χ1) is 7.61. The third-order valence-electron chi connectivity index (χ3n) is 1.81. The highest BCUT2D eigenvalue weighted by atomic mass is 16.3. The van der Waals surface area contributed by atoms with Gasteiger partial charge in [0.1, 0.15) is 5.76 Å². The predicted molar refractivity (Wildman–Crippen MR) is 64.1 cm³/mol. The van der Waals surface area contributed by atoms with Gasteiger partial charge in [0.2, 0.25) is 0 Å². The Kier molecular flexibility index (Phi) is 4.15. The van der Waals surface area contributed by atoms with Crippen LogP contribution in [0.25, 0.3) is 0 Å². The molecule has 0 saturated heterocycles. The summed E-state index contributed by atoms with van der Waals surface area (Å²) < 4.78 is 4.86. The molecule has 1 heterocycles. The zero-order valence-corrected chi connectivity index (χ0v) is 9.01. The van der Waals surface area contributed by atoms with Crippen molar-refractivity contribution in [3.05, 3.63) is 47.9 Å². The van der Waals surface area contributed by atoms with E-state index in [-0.39, 0.29) is 0 Å². The van der Waals surface area contributed by atoms with Crippen LogP contribution in [0.2, 0.25) is 0 Å². The van der Waals surface area contributed by atoms with Crippen LogP contribution in [0.15, 0.2) is 40.8 Å². The summed E-state index contributed by atoms with van der Waals surface area (Å²) in [6.07, 6.45) is 0.688. The van der Waals surface area contributed by atoms with Crippen molar-refractivity contribution >= 4 is 17.7 Å². The van der Waals surface area contributed by atoms with Crippen molar-refractivity contribution in [2.45, 2.75) is 6.92 Å². The van der Waals surface area contributed by atoms with E-state index in [9.17, 15) is 4.79 Å². The van der Waals surface area contributed by atoms with Crippen LogP contribution in [-0.2, 0) is 0 Å². The largest absolute Gasteiger partial charge is 0.459 e. The first-order valence-electron chi connectivity index (χ1n) is 4.74. The molecule has 2 rings (SSSR count). The lowest BCUT2D eigenvalue weighted by atomic mass is 10.3. The van der Waals surface area contributed by atoms with Crippen molar-refractivity contribution in [1.82, 2.24) is 0 Å². The quantitative estimate of drug-likeness (QED) is 0.568. The van der Waals surface area contributed by atoms with Gasteiger partial charge < -0.3 is 15.9 Å². The SMILES string of the molecule is Cc1ccc(C=O)o1.Nc1ccc(N)cc1. The van der Waals surface area contributed by atoms with Crippen molar-refractivity contribution in [1.29, 1.82) is 0 Å². The van der Waals surface area contributed by atoms with Gasteiger partial charge in [0.25, 0.3) is 0 Å². The molecular weight excluding hydrogens is 204 g/mol. The van der Waals surface area contributed by atoms with Crippen molar-refractivity contribution in [2.24, 2.45) is 0 Å². The molecule has 84 valence electrons. The number of carbonyl (C=O) groups excluding carboxylic acids is 1. The van der Waals surface area contributed by atoms with Gasteiger partial charge in [-0.25, -0.2) is 0 Å². The van der Waals surface area contributed by atoms with Gasteiger partial charge in [0.15, 0.2) is 12.0 Å². The molecule has 0 aliphatic rings. The second-order valence-corrected chi connectivity index (χ2v) is 3.23. The summed E-state index contributed by atoms with van der Waals surface area (Å²) in [4.78, 5) is 9.93. The number of nitrogens with two attached hydrogens (primary N) is 2. The van der Waals surface area contributed by atoms with Gasteiger partial charge in [0, 0.05) is 11.4 Å². The molecule has 0 atom stereocenters. The molecule has 1 aromatic carbocycles. The second kappa shape index (κ2) is 5.60. The zero-order valence-electron chi connectivity index (χ0n) is 9.01. The number of hydrogen-bond acceptors (Lipinski definition) is 4. The van der Waals surface area contributed by atoms with E-state index < -0.39 is 0 Å². The molecule has 0 amide bonds. The highest BCUT2D eigenvalue weighted by Gasteiger charge is 1.91. The third kappa shape index (κ3) is 3.88. The van der Waals surface area contributed by atoms with Gasteiger partial charge in [-0.05, 0) is 43.3 Å². The van der Waals surface area contributed by atoms with Gasteiger partial charge in [-0.2, -0.15) is 0 Å². The first-order valence-corrected chi connectivity index (χ1v) is 4.74. The Morgan fingerprint density at radius 1 is 1.00 bits per heavy atom. The van der Waals surface area contributed by atoms with E-state index in [1.807, 2.05) is 0 Å². The summed E-state index contributed by atoms with van der Waals surface area (Å²) in [7, 11) is 0. The Labute approximate surface area is 93.9 Å². The van der Waals surface area contributed by atoms with E-state index in [1.54, 1.807) is 43.3 Å². The summed E-state index contributed by atoms with van der Waals surface area (Å²) in [6.45, 7) is 1.80. The van der Waals surface area contributed by atoms with Crippen molar-refractivity contribution in [3.8, 4) is 0 Å². The molecule has 4 N–H and O–H groups in total. The molecule has 0 radical (unpaired) electrons. The molecule has 0 aliphatic carbocycles. The van der Waals surface area contributed by atoms with E-state index in [2.05, 4.69) is 0 Å². The molecule has 0 unspecified atom stereocenters. The number of furan rings is 1. The van der Waals surface area contributed by atoms with Crippen LogP contribution in [0.4, 0.5) is 11.4 Å². The van der Waals surface area contributed by atoms with Crippen LogP contribution in [0.5, 0.6) is 0 Å². The number of carbonyl (C=O) groups is 1. The minimum absolute atomic E-state index is 0.391. The Hall–Kier alpha value is -2.23. The van der Waals surface area contributed by atoms with E-state index >= 15 is 0 Å². The molecule has 4 nitrogen and oxygen atoms in total. The lowest BCUT2D eigenvalue weighted by molar-refractivity contribution is 0.109. The van der Waals surface area contributed by atoms with E-state index in [4.69, 9.17) is 15.9 Å². The molecule has 0 aliphatic heterocycles. The predicted octanol–water partition coefficient (Wildman–Crippen LogP) is 2.25. The van der Waals surface area contributed by atoms with Crippen molar-refractivity contribution in [3.63, 3.8) is 0 Å². The lowest BCUT2D eigenvalue weighted by Crippen LogP contribution is -1.86. The minimum atomic E-state index is 0.391. The summed E-state index contributed by atoms with van der Waals surface area (Å²) in [5.41, 5.74) is 12.2. The summed E-state index contributed by atoms with van der Waals surface area (Å²) in [5.74, 6) is 1.16. The third-order valence-corrected chi connectivity index (χ3v) is 1.81. The molecule has 1 aromatic heterocycles. The normalized spacial score (nSPS) is 9.06. The molecule has 2 aromatic rings. The minimum Gasteiger partial charge on any atom is -0.459 e. The number of aryl methyl sites for hydroxylation is 1. The van der Waals surface area contributed by atoms with Crippen LogP contribution in [0.1, 0.15) is 16.3 Å². The molecule has 4 heteroatoms. The molecule has 16 heavy (non-hydrogen) atoms. The van der Waals surface area contributed by atoms with Crippen LogP contribution in [0.3, 0.4) is 0 Å². The smallest absolute Gasteiger partial charge is 0.185 e. The van der Waals surface area contributed by atoms with Crippen LogP contribution < -0.4 is 11.5 Å². The van der Waals surface area contributed by atoms with Crippen molar-refractivity contribution in [2.75, 3.05) is 11.5 Å². The maximum Gasteiger partial charge on any atom is 0.185 e. The maximum absolute atomic E-state index is 9.93. The van der Waals surface area contributed by atoms with Crippen LogP contribution in [0, 0.1) is 6.92 Å². The first kappa shape index (κ1) is 11.8. The van der Waals surface area contributed by atoms with Crippen LogP contribution >= 0.6 is 0 Å². The van der Waals surface area contributed by atoms with Gasteiger partial charge in [-0.1, -0.05) is 0 Å². The number of rotatable bonds is 1. The van der Waals surface area contributed by atoms with Gasteiger partial charge in [-0.15, -0.1) is 0 Å². The van der Waals surface area contributed by atoms with Crippen LogP contribution in [-0.4, -0.2) is 6.29 Å². The number of hydrogen-bond donors (Lipinski definition) is 2. The molecule has 0 saturated carbocycles.